The van der Waals surface area contributed by atoms with Crippen LogP contribution in [0.15, 0.2) is 48.5 Å². The van der Waals surface area contributed by atoms with Crippen molar-refractivity contribution in [3.05, 3.63) is 54.1 Å². The smallest absolute Gasteiger partial charge is 0.119 e. The molecule has 0 spiro atoms. The molecular formula is C22H29N3O. The molecule has 0 radical (unpaired) electrons. The van der Waals surface area contributed by atoms with Crippen LogP contribution in [0.3, 0.4) is 0 Å². The first-order chi connectivity index (χ1) is 12.7. The Balaban J connectivity index is 1.28. The summed E-state index contributed by atoms with van der Waals surface area (Å²) in [7, 11) is 1.71. The minimum atomic E-state index is 0.381. The van der Waals surface area contributed by atoms with E-state index in [2.05, 4.69) is 46.6 Å². The van der Waals surface area contributed by atoms with Crippen molar-refractivity contribution in [2.24, 2.45) is 5.73 Å². The van der Waals surface area contributed by atoms with Gasteiger partial charge in [0.05, 0.1) is 7.11 Å². The molecule has 4 nitrogen and oxygen atoms in total. The van der Waals surface area contributed by atoms with E-state index in [-0.39, 0.29) is 0 Å². The molecule has 1 heterocycles. The van der Waals surface area contributed by atoms with Gasteiger partial charge in [0, 0.05) is 37.6 Å². The molecule has 1 saturated heterocycles. The summed E-state index contributed by atoms with van der Waals surface area (Å²) in [4.78, 5) is 2.47. The van der Waals surface area contributed by atoms with Gasteiger partial charge in [0.2, 0.25) is 0 Å². The molecule has 3 N–H and O–H groups in total. The normalized spacial score (nSPS) is 25.4. The van der Waals surface area contributed by atoms with Crippen LogP contribution in [-0.4, -0.2) is 50.3 Å². The van der Waals surface area contributed by atoms with Crippen molar-refractivity contribution < 1.29 is 4.74 Å². The van der Waals surface area contributed by atoms with Gasteiger partial charge in [-0.15, -0.1) is 0 Å². The fourth-order valence-corrected chi connectivity index (χ4v) is 3.99. The summed E-state index contributed by atoms with van der Waals surface area (Å²) >= 11 is 0. The topological polar surface area (TPSA) is 50.5 Å². The number of likely N-dealkylation sites (tertiary alicyclic amines) is 1. The summed E-state index contributed by atoms with van der Waals surface area (Å²) in [6, 6.07) is 18.3. The molecule has 0 bridgehead atoms. The monoisotopic (exact) mass is 351 g/mol. The van der Waals surface area contributed by atoms with Crippen molar-refractivity contribution in [2.75, 3.05) is 33.3 Å². The number of nitrogens with one attached hydrogen (secondary N) is 1. The number of hydrogen-bond donors (Lipinski definition) is 2. The lowest BCUT2D eigenvalue weighted by Crippen LogP contribution is -2.33. The zero-order valence-electron chi connectivity index (χ0n) is 15.5. The summed E-state index contributed by atoms with van der Waals surface area (Å²) < 4.78 is 5.32. The van der Waals surface area contributed by atoms with Gasteiger partial charge in [-0.05, 0) is 48.2 Å². The van der Waals surface area contributed by atoms with E-state index in [1.165, 1.54) is 23.1 Å². The first kappa shape index (κ1) is 17.5. The van der Waals surface area contributed by atoms with Crippen molar-refractivity contribution in [2.45, 2.75) is 30.8 Å². The highest BCUT2D eigenvalue weighted by molar-refractivity contribution is 5.65. The Morgan fingerprint density at radius 3 is 2.73 bits per heavy atom. The largest absolute Gasteiger partial charge is 0.497 e. The van der Waals surface area contributed by atoms with E-state index in [9.17, 15) is 0 Å². The van der Waals surface area contributed by atoms with Crippen LogP contribution >= 0.6 is 0 Å². The van der Waals surface area contributed by atoms with E-state index in [0.29, 0.717) is 18.0 Å². The molecule has 2 aromatic carbocycles. The standard InChI is InChI=1S/C22H29N3O/c1-26-20-4-2-3-18(13-20)16-5-7-17(8-6-16)21-14-22(21)24-10-12-25-11-9-19(23)15-25/h2-8,13,19,21-22,24H,9-12,14-15,23H2,1H3/t19-,21+,22-/m1/s1. The van der Waals surface area contributed by atoms with E-state index in [1.54, 1.807) is 7.11 Å². The molecule has 2 fully saturated rings. The zero-order valence-corrected chi connectivity index (χ0v) is 15.5. The predicted molar refractivity (Wildman–Crippen MR) is 107 cm³/mol. The van der Waals surface area contributed by atoms with Crippen LogP contribution in [0.2, 0.25) is 0 Å². The molecule has 0 aromatic heterocycles. The fraction of sp³-hybridized carbons (Fsp3) is 0.455. The van der Waals surface area contributed by atoms with Crippen molar-refractivity contribution >= 4 is 0 Å². The zero-order chi connectivity index (χ0) is 17.9. The van der Waals surface area contributed by atoms with Crippen molar-refractivity contribution in [1.29, 1.82) is 0 Å². The maximum atomic E-state index is 5.97. The summed E-state index contributed by atoms with van der Waals surface area (Å²) in [5.41, 5.74) is 9.85. The highest BCUT2D eigenvalue weighted by atomic mass is 16.5. The summed E-state index contributed by atoms with van der Waals surface area (Å²) in [5.74, 6) is 1.56. The Kier molecular flexibility index (Phi) is 5.25. The third-order valence-corrected chi connectivity index (χ3v) is 5.68. The summed E-state index contributed by atoms with van der Waals surface area (Å²) in [6.45, 7) is 4.39. The first-order valence-electron chi connectivity index (χ1n) is 9.68. The van der Waals surface area contributed by atoms with Gasteiger partial charge >= 0.3 is 0 Å². The van der Waals surface area contributed by atoms with E-state index < -0.39 is 0 Å². The lowest BCUT2D eigenvalue weighted by molar-refractivity contribution is 0.331. The summed E-state index contributed by atoms with van der Waals surface area (Å²) in [5, 5.41) is 3.71. The SMILES string of the molecule is COc1cccc(-c2ccc([C@@H]3C[C@H]3NCCN3CC[C@@H](N)C3)cc2)c1. The average Bonchev–Trinajstić information content (AvgIpc) is 3.34. The Morgan fingerprint density at radius 1 is 1.15 bits per heavy atom. The van der Waals surface area contributed by atoms with Crippen LogP contribution in [0.4, 0.5) is 0 Å². The molecule has 3 atom stereocenters. The molecule has 0 amide bonds. The van der Waals surface area contributed by atoms with Crippen LogP contribution in [-0.2, 0) is 0 Å². The highest BCUT2D eigenvalue weighted by Gasteiger charge is 2.37. The molecule has 4 heteroatoms. The maximum Gasteiger partial charge on any atom is 0.119 e. The molecular weight excluding hydrogens is 322 g/mol. The Hall–Kier alpha value is -1.88. The van der Waals surface area contributed by atoms with Gasteiger partial charge in [-0.3, -0.25) is 0 Å². The second-order valence-corrected chi connectivity index (χ2v) is 7.61. The van der Waals surface area contributed by atoms with Gasteiger partial charge in [-0.2, -0.15) is 0 Å². The highest BCUT2D eigenvalue weighted by Crippen LogP contribution is 2.41. The number of nitrogens with zero attached hydrogens (tertiary/aromatic N) is 1. The van der Waals surface area contributed by atoms with Crippen molar-refractivity contribution in [3.63, 3.8) is 0 Å². The Labute approximate surface area is 156 Å². The van der Waals surface area contributed by atoms with E-state index >= 15 is 0 Å². The number of methoxy groups -OCH3 is 1. The minimum absolute atomic E-state index is 0.381. The average molecular weight is 351 g/mol. The third kappa shape index (κ3) is 4.09. The van der Waals surface area contributed by atoms with Gasteiger partial charge < -0.3 is 20.7 Å². The second-order valence-electron chi connectivity index (χ2n) is 7.61. The van der Waals surface area contributed by atoms with E-state index in [1.807, 2.05) is 12.1 Å². The second kappa shape index (κ2) is 7.78. The van der Waals surface area contributed by atoms with Gasteiger partial charge in [0.1, 0.15) is 5.75 Å². The number of ether oxygens (including phenoxy) is 1. The Morgan fingerprint density at radius 2 is 2.00 bits per heavy atom. The molecule has 1 aliphatic heterocycles. The molecule has 1 saturated carbocycles. The number of hydrogen-bond acceptors (Lipinski definition) is 4. The molecule has 138 valence electrons. The molecule has 2 aromatic rings. The molecule has 2 aliphatic rings. The number of rotatable bonds is 7. The third-order valence-electron chi connectivity index (χ3n) is 5.68. The molecule has 4 rings (SSSR count). The van der Waals surface area contributed by atoms with Gasteiger partial charge in [0.15, 0.2) is 0 Å². The lowest BCUT2D eigenvalue weighted by Gasteiger charge is -2.15. The molecule has 1 aliphatic carbocycles. The van der Waals surface area contributed by atoms with E-state index in [4.69, 9.17) is 10.5 Å². The van der Waals surface area contributed by atoms with Crippen molar-refractivity contribution in [3.8, 4) is 16.9 Å². The Bertz CT molecular complexity index is 730. The van der Waals surface area contributed by atoms with Crippen LogP contribution in [0, 0.1) is 0 Å². The quantitative estimate of drug-likeness (QED) is 0.805. The number of benzene rings is 2. The van der Waals surface area contributed by atoms with Gasteiger partial charge in [-0.25, -0.2) is 0 Å². The number of nitrogens with two attached hydrogens (primary N) is 1. The van der Waals surface area contributed by atoms with Gasteiger partial charge in [0.25, 0.3) is 0 Å². The van der Waals surface area contributed by atoms with Crippen LogP contribution in [0.1, 0.15) is 24.3 Å². The van der Waals surface area contributed by atoms with Crippen LogP contribution in [0.25, 0.3) is 11.1 Å². The maximum absolute atomic E-state index is 5.97. The summed E-state index contributed by atoms with van der Waals surface area (Å²) in [6.07, 6.45) is 2.39. The van der Waals surface area contributed by atoms with E-state index in [0.717, 1.165) is 38.3 Å². The first-order valence-corrected chi connectivity index (χ1v) is 9.68. The lowest BCUT2D eigenvalue weighted by atomic mass is 10.0. The van der Waals surface area contributed by atoms with Crippen LogP contribution in [0.5, 0.6) is 5.75 Å². The van der Waals surface area contributed by atoms with Gasteiger partial charge in [-0.1, -0.05) is 36.4 Å². The predicted octanol–water partition coefficient (Wildman–Crippen LogP) is 2.84. The van der Waals surface area contributed by atoms with Crippen LogP contribution < -0.4 is 15.8 Å². The van der Waals surface area contributed by atoms with Crippen molar-refractivity contribution in [1.82, 2.24) is 10.2 Å². The molecule has 26 heavy (non-hydrogen) atoms. The molecule has 0 unspecified atom stereocenters. The minimum Gasteiger partial charge on any atom is -0.497 e. The fourth-order valence-electron chi connectivity index (χ4n) is 3.99.